The van der Waals surface area contributed by atoms with Gasteiger partial charge < -0.3 is 20.7 Å². The van der Waals surface area contributed by atoms with Crippen LogP contribution in [0.4, 0.5) is 17.1 Å². The highest BCUT2D eigenvalue weighted by Crippen LogP contribution is 2.24. The fraction of sp³-hybridized carbons (Fsp3) is 0.217. The summed E-state index contributed by atoms with van der Waals surface area (Å²) in [6, 6.07) is 14.1. The predicted octanol–water partition coefficient (Wildman–Crippen LogP) is 4.41. The second-order valence-corrected chi connectivity index (χ2v) is 8.96. The smallest absolute Gasteiger partial charge is 0.234 e. The van der Waals surface area contributed by atoms with E-state index in [-0.39, 0.29) is 29.9 Å². The minimum Gasteiger partial charge on any atom is -0.494 e. The fourth-order valence-electron chi connectivity index (χ4n) is 2.77. The van der Waals surface area contributed by atoms with Gasteiger partial charge in [-0.2, -0.15) is 0 Å². The van der Waals surface area contributed by atoms with Crippen molar-refractivity contribution in [3.8, 4) is 5.75 Å². The Morgan fingerprint density at radius 2 is 1.48 bits per heavy atom. The first kappa shape index (κ1) is 24.3. The number of rotatable bonds is 10. The number of amides is 3. The van der Waals surface area contributed by atoms with E-state index in [0.717, 1.165) is 10.1 Å². The van der Waals surface area contributed by atoms with Gasteiger partial charge in [0.05, 0.1) is 24.5 Å². The third-order valence-corrected chi connectivity index (χ3v) is 6.21. The summed E-state index contributed by atoms with van der Waals surface area (Å²) < 4.78 is 6.11. The molecule has 1 heterocycles. The van der Waals surface area contributed by atoms with Crippen LogP contribution < -0.4 is 20.7 Å². The fourth-order valence-corrected chi connectivity index (χ4v) is 4.42. The molecule has 3 rings (SSSR count). The molecule has 172 valence electrons. The molecule has 0 radical (unpaired) electrons. The Morgan fingerprint density at radius 3 is 2.09 bits per heavy atom. The molecule has 0 aliphatic heterocycles. The van der Waals surface area contributed by atoms with Gasteiger partial charge in [-0.25, -0.2) is 4.98 Å². The first-order valence-corrected chi connectivity index (χ1v) is 12.0. The molecule has 33 heavy (non-hydrogen) atoms. The summed E-state index contributed by atoms with van der Waals surface area (Å²) in [6.07, 6.45) is 0.150. The van der Waals surface area contributed by atoms with Crippen LogP contribution in [0.2, 0.25) is 0 Å². The lowest BCUT2D eigenvalue weighted by Gasteiger charge is -2.06. The van der Waals surface area contributed by atoms with E-state index in [1.54, 1.807) is 48.5 Å². The van der Waals surface area contributed by atoms with E-state index >= 15 is 0 Å². The Hall–Kier alpha value is -3.37. The molecular formula is C23H24N4O4S2. The van der Waals surface area contributed by atoms with E-state index in [2.05, 4.69) is 20.9 Å². The van der Waals surface area contributed by atoms with Gasteiger partial charge in [0.25, 0.3) is 0 Å². The van der Waals surface area contributed by atoms with E-state index in [0.29, 0.717) is 29.4 Å². The van der Waals surface area contributed by atoms with Gasteiger partial charge >= 0.3 is 0 Å². The Labute approximate surface area is 200 Å². The number of nitrogens with one attached hydrogen (secondary N) is 3. The predicted molar refractivity (Wildman–Crippen MR) is 132 cm³/mol. The van der Waals surface area contributed by atoms with Crippen LogP contribution in [0.1, 0.15) is 19.5 Å². The quantitative estimate of drug-likeness (QED) is 0.368. The van der Waals surface area contributed by atoms with Gasteiger partial charge in [0.1, 0.15) is 5.75 Å². The van der Waals surface area contributed by atoms with Gasteiger partial charge in [-0.05, 0) is 55.5 Å². The topological polar surface area (TPSA) is 109 Å². The molecule has 8 nitrogen and oxygen atoms in total. The number of carbonyl (C=O) groups excluding carboxylic acids is 3. The number of carbonyl (C=O) groups is 3. The molecule has 1 aromatic heterocycles. The number of anilines is 3. The zero-order valence-corrected chi connectivity index (χ0v) is 19.8. The van der Waals surface area contributed by atoms with Crippen LogP contribution in [0.25, 0.3) is 0 Å². The summed E-state index contributed by atoms with van der Waals surface area (Å²) in [5.41, 5.74) is 2.65. The minimum absolute atomic E-state index is 0.150. The van der Waals surface area contributed by atoms with Crippen molar-refractivity contribution in [2.24, 2.45) is 0 Å². The molecule has 10 heteroatoms. The third-order valence-electron chi connectivity index (χ3n) is 4.14. The second kappa shape index (κ2) is 12.0. The van der Waals surface area contributed by atoms with E-state index in [4.69, 9.17) is 4.74 Å². The van der Waals surface area contributed by atoms with Crippen molar-refractivity contribution in [3.05, 3.63) is 59.6 Å². The number of thioether (sulfide) groups is 1. The lowest BCUT2D eigenvalue weighted by atomic mass is 10.2. The van der Waals surface area contributed by atoms with E-state index in [9.17, 15) is 14.4 Å². The van der Waals surface area contributed by atoms with Gasteiger partial charge in [0.2, 0.25) is 17.7 Å². The zero-order chi connectivity index (χ0) is 23.6. The van der Waals surface area contributed by atoms with Gasteiger partial charge in [-0.1, -0.05) is 11.8 Å². The molecule has 0 fully saturated rings. The Balaban J connectivity index is 1.42. The van der Waals surface area contributed by atoms with Gasteiger partial charge in [-0.3, -0.25) is 14.4 Å². The van der Waals surface area contributed by atoms with Crippen molar-refractivity contribution in [3.63, 3.8) is 0 Å². The first-order chi connectivity index (χ1) is 15.9. The van der Waals surface area contributed by atoms with Crippen molar-refractivity contribution in [2.75, 3.05) is 28.3 Å². The zero-order valence-electron chi connectivity index (χ0n) is 18.2. The molecule has 3 amide bonds. The standard InChI is InChI=1S/C23H24N4O4S2/c1-3-31-20-10-8-18(9-11-20)25-21(29)12-19-13-32-23(27-19)33-14-22(30)26-17-6-4-16(5-7-17)24-15(2)28/h4-11,13H,3,12,14H2,1-2H3,(H,24,28)(H,25,29)(H,26,30). The summed E-state index contributed by atoms with van der Waals surface area (Å²) in [7, 11) is 0. The first-order valence-electron chi connectivity index (χ1n) is 10.2. The van der Waals surface area contributed by atoms with Crippen molar-refractivity contribution >= 4 is 57.9 Å². The molecule has 3 N–H and O–H groups in total. The van der Waals surface area contributed by atoms with Crippen molar-refractivity contribution in [1.82, 2.24) is 4.98 Å². The van der Waals surface area contributed by atoms with Crippen LogP contribution in [0.3, 0.4) is 0 Å². The van der Waals surface area contributed by atoms with E-state index < -0.39 is 0 Å². The van der Waals surface area contributed by atoms with E-state index in [1.807, 2.05) is 12.3 Å². The number of ether oxygens (including phenoxy) is 1. The lowest BCUT2D eigenvalue weighted by molar-refractivity contribution is -0.116. The maximum absolute atomic E-state index is 12.3. The molecule has 3 aromatic rings. The molecular weight excluding hydrogens is 460 g/mol. The van der Waals surface area contributed by atoms with Crippen molar-refractivity contribution in [2.45, 2.75) is 24.6 Å². The Kier molecular flexibility index (Phi) is 8.85. The Bertz CT molecular complexity index is 1100. The van der Waals surface area contributed by atoms with Crippen LogP contribution in [-0.2, 0) is 20.8 Å². The molecule has 2 aromatic carbocycles. The van der Waals surface area contributed by atoms with Crippen molar-refractivity contribution in [1.29, 1.82) is 0 Å². The summed E-state index contributed by atoms with van der Waals surface area (Å²) in [5.74, 6) is 0.458. The minimum atomic E-state index is -0.169. The largest absolute Gasteiger partial charge is 0.494 e. The van der Waals surface area contributed by atoms with Crippen LogP contribution in [0, 0.1) is 0 Å². The monoisotopic (exact) mass is 484 g/mol. The van der Waals surface area contributed by atoms with Crippen molar-refractivity contribution < 1.29 is 19.1 Å². The summed E-state index contributed by atoms with van der Waals surface area (Å²) >= 11 is 2.71. The molecule has 0 aliphatic carbocycles. The molecule has 0 unspecified atom stereocenters. The van der Waals surface area contributed by atoms with Gasteiger partial charge in [-0.15, -0.1) is 11.3 Å². The summed E-state index contributed by atoms with van der Waals surface area (Å²) in [5, 5.41) is 10.1. The Morgan fingerprint density at radius 1 is 0.909 bits per heavy atom. The maximum atomic E-state index is 12.3. The summed E-state index contributed by atoms with van der Waals surface area (Å²) in [6.45, 7) is 3.94. The van der Waals surface area contributed by atoms with Crippen LogP contribution in [-0.4, -0.2) is 35.1 Å². The average molecular weight is 485 g/mol. The number of hydrogen-bond donors (Lipinski definition) is 3. The highest BCUT2D eigenvalue weighted by molar-refractivity contribution is 8.01. The number of hydrogen-bond acceptors (Lipinski definition) is 7. The second-order valence-electron chi connectivity index (χ2n) is 6.88. The molecule has 0 spiro atoms. The SMILES string of the molecule is CCOc1ccc(NC(=O)Cc2csc(SCC(=O)Nc3ccc(NC(C)=O)cc3)n2)cc1. The van der Waals surface area contributed by atoms with Gasteiger partial charge in [0.15, 0.2) is 4.34 Å². The highest BCUT2D eigenvalue weighted by Gasteiger charge is 2.11. The number of aromatic nitrogens is 1. The lowest BCUT2D eigenvalue weighted by Crippen LogP contribution is -2.15. The molecule has 0 saturated heterocycles. The third kappa shape index (κ3) is 8.24. The van der Waals surface area contributed by atoms with E-state index in [1.165, 1.54) is 30.0 Å². The number of thiazole rings is 1. The average Bonchev–Trinajstić information content (AvgIpc) is 3.22. The van der Waals surface area contributed by atoms with Gasteiger partial charge in [0, 0.05) is 29.4 Å². The highest BCUT2D eigenvalue weighted by atomic mass is 32.2. The number of benzene rings is 2. The van der Waals surface area contributed by atoms with Crippen LogP contribution >= 0.6 is 23.1 Å². The summed E-state index contributed by atoms with van der Waals surface area (Å²) in [4.78, 5) is 40.0. The molecule has 0 saturated carbocycles. The number of nitrogens with zero attached hydrogens (tertiary/aromatic N) is 1. The molecule has 0 atom stereocenters. The van der Waals surface area contributed by atoms with Crippen LogP contribution in [0.5, 0.6) is 5.75 Å². The molecule has 0 bridgehead atoms. The molecule has 0 aliphatic rings. The maximum Gasteiger partial charge on any atom is 0.234 e. The van der Waals surface area contributed by atoms with Crippen LogP contribution in [0.15, 0.2) is 58.3 Å². The normalized spacial score (nSPS) is 10.4.